The van der Waals surface area contributed by atoms with Crippen molar-refractivity contribution in [3.63, 3.8) is 0 Å². The third-order valence-electron chi connectivity index (χ3n) is 3.48. The van der Waals surface area contributed by atoms with Gasteiger partial charge in [0.15, 0.2) is 27.1 Å². The molecule has 0 unspecified atom stereocenters. The van der Waals surface area contributed by atoms with Gasteiger partial charge in [-0.05, 0) is 40.2 Å². The number of rotatable bonds is 12. The summed E-state index contributed by atoms with van der Waals surface area (Å²) in [6.45, 7) is 6.22. The van der Waals surface area contributed by atoms with Gasteiger partial charge in [-0.2, -0.15) is 4.39 Å². The lowest BCUT2D eigenvalue weighted by Gasteiger charge is -2.23. The van der Waals surface area contributed by atoms with Crippen LogP contribution in [0.1, 0.15) is 40.5 Å². The second-order valence-electron chi connectivity index (χ2n) is 6.84. The van der Waals surface area contributed by atoms with Crippen molar-refractivity contribution in [1.29, 1.82) is 0 Å². The maximum Gasteiger partial charge on any atom is 0.443 e. The Labute approximate surface area is 174 Å². The average Bonchev–Trinajstić information content (AvgIpc) is 2.65. The summed E-state index contributed by atoms with van der Waals surface area (Å²) >= 11 is 0. The van der Waals surface area contributed by atoms with Crippen molar-refractivity contribution in [2.45, 2.75) is 65.3 Å². The Morgan fingerprint density at radius 3 is 2.17 bits per heavy atom. The van der Waals surface area contributed by atoms with Crippen LogP contribution in [0.2, 0.25) is 6.04 Å². The Balaban J connectivity index is 2.36. The molecule has 172 valence electrons. The molecule has 0 bridgehead atoms. The van der Waals surface area contributed by atoms with Gasteiger partial charge in [0.1, 0.15) is 0 Å². The number of hydrogen-bond acceptors (Lipinski definition) is 5. The summed E-state index contributed by atoms with van der Waals surface area (Å²) in [5.74, 6) is -9.17. The van der Waals surface area contributed by atoms with Crippen LogP contribution >= 0.6 is 0 Å². The molecule has 0 radical (unpaired) electrons. The molecule has 0 heterocycles. The SMILES string of the molecule is CC(C)OC(O[SiH2]CCCCN(F)C(=O)Oc1cc(F)c(F)c(F)c1F)OC(C)C. The topological polar surface area (TPSA) is 57.2 Å². The van der Waals surface area contributed by atoms with E-state index in [1.807, 2.05) is 27.7 Å². The molecule has 0 aliphatic heterocycles. The second-order valence-corrected chi connectivity index (χ2v) is 8.29. The van der Waals surface area contributed by atoms with E-state index < -0.39 is 57.9 Å². The Morgan fingerprint density at radius 1 is 1.00 bits per heavy atom. The van der Waals surface area contributed by atoms with Gasteiger partial charge in [-0.25, -0.2) is 18.0 Å². The molecule has 0 fully saturated rings. The van der Waals surface area contributed by atoms with Crippen LogP contribution in [0.5, 0.6) is 5.75 Å². The maximum atomic E-state index is 13.7. The van der Waals surface area contributed by atoms with Crippen molar-refractivity contribution in [3.8, 4) is 5.75 Å². The molecule has 0 saturated heterocycles. The van der Waals surface area contributed by atoms with Crippen molar-refractivity contribution in [3.05, 3.63) is 29.3 Å². The molecule has 30 heavy (non-hydrogen) atoms. The fourth-order valence-corrected chi connectivity index (χ4v) is 3.20. The molecule has 6 nitrogen and oxygen atoms in total. The van der Waals surface area contributed by atoms with Gasteiger partial charge in [0.05, 0.1) is 18.8 Å². The quantitative estimate of drug-likeness (QED) is 0.0884. The minimum absolute atomic E-state index is 0.0817. The fourth-order valence-electron chi connectivity index (χ4n) is 2.12. The first kappa shape index (κ1) is 26.3. The molecule has 0 atom stereocenters. The lowest BCUT2D eigenvalue weighted by Crippen LogP contribution is -2.29. The standard InChI is InChI=1S/C18H26F5NO5Si/c1-10(2)26-18(27-11(3)4)29-30-8-6-5-7-24(23)17(25)28-13-9-12(19)14(20)16(22)15(13)21/h9-11,18H,5-8,30H2,1-4H3. The lowest BCUT2D eigenvalue weighted by molar-refractivity contribution is -0.275. The van der Waals surface area contributed by atoms with Crippen LogP contribution in [0.15, 0.2) is 6.07 Å². The Morgan fingerprint density at radius 2 is 1.60 bits per heavy atom. The number of amides is 1. The summed E-state index contributed by atoms with van der Waals surface area (Å²) in [4.78, 5) is 11.6. The van der Waals surface area contributed by atoms with E-state index in [0.29, 0.717) is 12.5 Å². The summed E-state index contributed by atoms with van der Waals surface area (Å²) in [6.07, 6.45) is -1.09. The van der Waals surface area contributed by atoms with Crippen molar-refractivity contribution >= 4 is 15.9 Å². The summed E-state index contributed by atoms with van der Waals surface area (Å²) in [7, 11) is -1.03. The van der Waals surface area contributed by atoms with Gasteiger partial charge >= 0.3 is 6.09 Å². The van der Waals surface area contributed by atoms with Gasteiger partial charge in [0.25, 0.3) is 6.48 Å². The second kappa shape index (κ2) is 12.8. The molecule has 0 aliphatic rings. The summed E-state index contributed by atoms with van der Waals surface area (Å²) < 4.78 is 87.1. The average molecular weight is 459 g/mol. The number of ether oxygens (including phenoxy) is 3. The van der Waals surface area contributed by atoms with Gasteiger partial charge in [-0.1, -0.05) is 10.9 Å². The number of carbonyl (C=O) groups excluding carboxylic acids is 1. The highest BCUT2D eigenvalue weighted by Gasteiger charge is 2.24. The van der Waals surface area contributed by atoms with Crippen LogP contribution in [0.25, 0.3) is 0 Å². The summed E-state index contributed by atoms with van der Waals surface area (Å²) in [5.41, 5.74) is 0. The number of benzene rings is 1. The van der Waals surface area contributed by atoms with Crippen LogP contribution in [0.3, 0.4) is 0 Å². The van der Waals surface area contributed by atoms with E-state index >= 15 is 0 Å². The van der Waals surface area contributed by atoms with Crippen molar-refractivity contribution < 1.29 is 45.5 Å². The third-order valence-corrected chi connectivity index (χ3v) is 4.78. The van der Waals surface area contributed by atoms with Gasteiger partial charge < -0.3 is 18.6 Å². The first-order valence-electron chi connectivity index (χ1n) is 9.43. The highest BCUT2D eigenvalue weighted by Crippen LogP contribution is 2.25. The zero-order valence-corrected chi connectivity index (χ0v) is 18.6. The van der Waals surface area contributed by atoms with Crippen molar-refractivity contribution in [2.24, 2.45) is 0 Å². The van der Waals surface area contributed by atoms with Crippen LogP contribution in [-0.4, -0.2) is 46.2 Å². The van der Waals surface area contributed by atoms with E-state index in [9.17, 15) is 26.8 Å². The largest absolute Gasteiger partial charge is 0.443 e. The molecule has 0 saturated carbocycles. The van der Waals surface area contributed by atoms with Crippen LogP contribution in [0.4, 0.5) is 26.8 Å². The Bertz CT molecular complexity index is 685. The van der Waals surface area contributed by atoms with Crippen LogP contribution in [0, 0.1) is 23.3 Å². The van der Waals surface area contributed by atoms with E-state index in [1.54, 1.807) is 0 Å². The van der Waals surface area contributed by atoms with E-state index in [0.717, 1.165) is 0 Å². The predicted molar refractivity (Wildman–Crippen MR) is 100 cm³/mol. The van der Waals surface area contributed by atoms with E-state index in [-0.39, 0.29) is 29.8 Å². The maximum absolute atomic E-state index is 13.7. The smallest absolute Gasteiger partial charge is 0.405 e. The van der Waals surface area contributed by atoms with Crippen LogP contribution in [-0.2, 0) is 13.9 Å². The minimum Gasteiger partial charge on any atom is -0.405 e. The van der Waals surface area contributed by atoms with Gasteiger partial charge in [0.2, 0.25) is 11.6 Å². The monoisotopic (exact) mass is 459 g/mol. The van der Waals surface area contributed by atoms with Gasteiger partial charge in [-0.15, -0.1) is 5.12 Å². The number of unbranched alkanes of at least 4 members (excludes halogenated alkanes) is 1. The van der Waals surface area contributed by atoms with Gasteiger partial charge in [0, 0.05) is 6.07 Å². The molecule has 0 N–H and O–H groups in total. The zero-order valence-electron chi connectivity index (χ0n) is 17.2. The van der Waals surface area contributed by atoms with E-state index in [4.69, 9.17) is 13.9 Å². The molecule has 1 aromatic rings. The molecule has 1 aromatic carbocycles. The third kappa shape index (κ3) is 8.94. The summed E-state index contributed by atoms with van der Waals surface area (Å²) in [5, 5.41) is -0.367. The number of hydrogen-bond donors (Lipinski definition) is 0. The minimum atomic E-state index is -2.16. The number of nitrogens with zero attached hydrogens (tertiary/aromatic N) is 1. The zero-order chi connectivity index (χ0) is 22.8. The molecule has 0 aromatic heterocycles. The Kier molecular flexibility index (Phi) is 11.2. The van der Waals surface area contributed by atoms with E-state index in [2.05, 4.69) is 4.74 Å². The Hall–Kier alpha value is -1.76. The lowest BCUT2D eigenvalue weighted by atomic mass is 10.3. The summed E-state index contributed by atoms with van der Waals surface area (Å²) in [6, 6.07) is 0.766. The van der Waals surface area contributed by atoms with Crippen molar-refractivity contribution in [1.82, 2.24) is 5.12 Å². The highest BCUT2D eigenvalue weighted by molar-refractivity contribution is 6.27. The first-order valence-corrected chi connectivity index (χ1v) is 11.0. The molecular formula is C18H26F5NO5Si. The van der Waals surface area contributed by atoms with Crippen molar-refractivity contribution in [2.75, 3.05) is 6.54 Å². The molecule has 0 aliphatic carbocycles. The number of halogens is 5. The predicted octanol–water partition coefficient (Wildman–Crippen LogP) is 4.36. The van der Waals surface area contributed by atoms with Crippen LogP contribution < -0.4 is 4.74 Å². The fraction of sp³-hybridized carbons (Fsp3) is 0.611. The van der Waals surface area contributed by atoms with Gasteiger partial charge in [-0.3, -0.25) is 0 Å². The molecule has 1 rings (SSSR count). The highest BCUT2D eigenvalue weighted by atomic mass is 28.2. The molecule has 0 spiro atoms. The molecule has 12 heteroatoms. The molecule has 1 amide bonds. The first-order chi connectivity index (χ1) is 14.0. The number of carbonyl (C=O) groups is 1. The van der Waals surface area contributed by atoms with E-state index in [1.165, 1.54) is 0 Å². The molecular weight excluding hydrogens is 433 g/mol. The normalized spacial score (nSPS) is 12.0.